The van der Waals surface area contributed by atoms with Crippen molar-refractivity contribution in [1.29, 1.82) is 0 Å². The zero-order valence-corrected chi connectivity index (χ0v) is 12.4. The molecule has 0 aromatic heterocycles. The number of methoxy groups -OCH3 is 1. The molecule has 1 aliphatic heterocycles. The summed E-state index contributed by atoms with van der Waals surface area (Å²) < 4.78 is 5.43. The number of rotatable bonds is 3. The lowest BCUT2D eigenvalue weighted by Crippen LogP contribution is -2.27. The number of nitrogens with zero attached hydrogens (tertiary/aromatic N) is 1. The molecule has 3 rings (SSSR count). The highest BCUT2D eigenvalue weighted by Crippen LogP contribution is 2.42. The van der Waals surface area contributed by atoms with Crippen LogP contribution in [0.1, 0.15) is 17.9 Å². The van der Waals surface area contributed by atoms with E-state index in [0.29, 0.717) is 5.75 Å². The first-order valence-electron chi connectivity index (χ1n) is 6.73. The summed E-state index contributed by atoms with van der Waals surface area (Å²) in [6.07, 6.45) is 0. The van der Waals surface area contributed by atoms with Crippen LogP contribution in [0.4, 0.5) is 0 Å². The maximum absolute atomic E-state index is 11.9. The first kappa shape index (κ1) is 13.3. The van der Waals surface area contributed by atoms with Gasteiger partial charge in [0.1, 0.15) is 11.1 Å². The molecule has 0 N–H and O–H groups in total. The maximum atomic E-state index is 11.9. The number of thioether (sulfide) groups is 1. The molecule has 1 atom stereocenters. The second-order valence-corrected chi connectivity index (χ2v) is 5.81. The van der Waals surface area contributed by atoms with E-state index < -0.39 is 0 Å². The highest BCUT2D eigenvalue weighted by atomic mass is 32.2. The summed E-state index contributed by atoms with van der Waals surface area (Å²) in [6.45, 7) is 2.78. The zero-order valence-electron chi connectivity index (χ0n) is 11.6. The third-order valence-electron chi connectivity index (χ3n) is 3.71. The lowest BCUT2D eigenvalue weighted by molar-refractivity contribution is -0.127. The molecule has 4 heteroatoms. The molecule has 0 radical (unpaired) electrons. The standard InChI is InChI=1S/C16H17NO2S/c1-3-17-15(18)10-20-16(17)13-8-9-14(19-2)12-7-5-4-6-11(12)13/h4-9,16H,3,10H2,1-2H3. The average molecular weight is 287 g/mol. The Hall–Kier alpha value is -1.68. The highest BCUT2D eigenvalue weighted by Gasteiger charge is 2.32. The molecule has 0 aliphatic carbocycles. The number of benzene rings is 2. The van der Waals surface area contributed by atoms with Crippen molar-refractivity contribution in [2.45, 2.75) is 12.3 Å². The topological polar surface area (TPSA) is 29.5 Å². The molecule has 1 fully saturated rings. The second-order valence-electron chi connectivity index (χ2n) is 4.75. The Morgan fingerprint density at radius 1 is 1.25 bits per heavy atom. The normalized spacial score (nSPS) is 18.8. The molecule has 104 valence electrons. The number of ether oxygens (including phenoxy) is 1. The number of amides is 1. The van der Waals surface area contributed by atoms with Gasteiger partial charge >= 0.3 is 0 Å². The van der Waals surface area contributed by atoms with E-state index in [-0.39, 0.29) is 11.3 Å². The van der Waals surface area contributed by atoms with Crippen LogP contribution in [0.5, 0.6) is 5.75 Å². The van der Waals surface area contributed by atoms with Gasteiger partial charge in [-0.05, 0) is 23.9 Å². The van der Waals surface area contributed by atoms with Crippen molar-refractivity contribution >= 4 is 28.4 Å². The summed E-state index contributed by atoms with van der Waals surface area (Å²) in [4.78, 5) is 13.9. The first-order valence-corrected chi connectivity index (χ1v) is 7.78. The predicted octanol–water partition coefficient (Wildman–Crippen LogP) is 3.44. The summed E-state index contributed by atoms with van der Waals surface area (Å²) in [5.74, 6) is 1.67. The molecule has 0 saturated carbocycles. The number of carbonyl (C=O) groups is 1. The van der Waals surface area contributed by atoms with Gasteiger partial charge in [-0.1, -0.05) is 30.3 Å². The first-order chi connectivity index (χ1) is 9.76. The zero-order chi connectivity index (χ0) is 14.1. The minimum absolute atomic E-state index is 0.114. The van der Waals surface area contributed by atoms with Crippen LogP contribution in [0.2, 0.25) is 0 Å². The number of hydrogen-bond acceptors (Lipinski definition) is 3. The Morgan fingerprint density at radius 3 is 2.70 bits per heavy atom. The number of hydrogen-bond donors (Lipinski definition) is 0. The van der Waals surface area contributed by atoms with Crippen molar-refractivity contribution in [3.63, 3.8) is 0 Å². The fourth-order valence-corrected chi connectivity index (χ4v) is 4.04. The smallest absolute Gasteiger partial charge is 0.233 e. The van der Waals surface area contributed by atoms with Gasteiger partial charge in [0.15, 0.2) is 0 Å². The second kappa shape index (κ2) is 5.37. The van der Waals surface area contributed by atoms with Crippen LogP contribution in [0.15, 0.2) is 36.4 Å². The third kappa shape index (κ3) is 2.04. The fraction of sp³-hybridized carbons (Fsp3) is 0.312. The van der Waals surface area contributed by atoms with E-state index in [0.717, 1.165) is 23.1 Å². The molecule has 20 heavy (non-hydrogen) atoms. The van der Waals surface area contributed by atoms with Crippen molar-refractivity contribution in [1.82, 2.24) is 4.90 Å². The lowest BCUT2D eigenvalue weighted by Gasteiger charge is -2.24. The molecule has 1 saturated heterocycles. The van der Waals surface area contributed by atoms with Gasteiger partial charge in [0.25, 0.3) is 0 Å². The summed E-state index contributed by atoms with van der Waals surface area (Å²) in [7, 11) is 1.69. The van der Waals surface area contributed by atoms with Crippen LogP contribution in [-0.2, 0) is 4.79 Å². The molecule has 0 bridgehead atoms. The van der Waals surface area contributed by atoms with Crippen LogP contribution in [0, 0.1) is 0 Å². The van der Waals surface area contributed by atoms with E-state index in [4.69, 9.17) is 4.74 Å². The Labute approximate surface area is 122 Å². The van der Waals surface area contributed by atoms with Gasteiger partial charge in [0, 0.05) is 11.9 Å². The van der Waals surface area contributed by atoms with Crippen molar-refractivity contribution < 1.29 is 9.53 Å². The van der Waals surface area contributed by atoms with E-state index >= 15 is 0 Å². The van der Waals surface area contributed by atoms with Crippen LogP contribution < -0.4 is 4.74 Å². The van der Waals surface area contributed by atoms with E-state index in [1.807, 2.05) is 30.0 Å². The summed E-state index contributed by atoms with van der Waals surface area (Å²) >= 11 is 1.70. The molecule has 1 heterocycles. The minimum atomic E-state index is 0.114. The third-order valence-corrected chi connectivity index (χ3v) is 4.95. The summed E-state index contributed by atoms with van der Waals surface area (Å²) in [5.41, 5.74) is 1.19. The van der Waals surface area contributed by atoms with Gasteiger partial charge in [0.2, 0.25) is 5.91 Å². The Morgan fingerprint density at radius 2 is 2.00 bits per heavy atom. The number of carbonyl (C=O) groups excluding carboxylic acids is 1. The predicted molar refractivity (Wildman–Crippen MR) is 83.1 cm³/mol. The minimum Gasteiger partial charge on any atom is -0.496 e. The van der Waals surface area contributed by atoms with Crippen molar-refractivity contribution in [2.24, 2.45) is 0 Å². The van der Waals surface area contributed by atoms with Gasteiger partial charge in [0.05, 0.1) is 12.9 Å². The van der Waals surface area contributed by atoms with Crippen LogP contribution in [0.3, 0.4) is 0 Å². The largest absolute Gasteiger partial charge is 0.496 e. The molecule has 3 nitrogen and oxygen atoms in total. The molecule has 0 spiro atoms. The quantitative estimate of drug-likeness (QED) is 0.866. The molecule has 1 aliphatic rings. The molecular weight excluding hydrogens is 270 g/mol. The SMILES string of the molecule is CCN1C(=O)CSC1c1ccc(OC)c2ccccc12. The Balaban J connectivity index is 2.15. The fourth-order valence-electron chi connectivity index (χ4n) is 2.74. The molecular formula is C16H17NO2S. The van der Waals surface area contributed by atoms with Gasteiger partial charge in [-0.25, -0.2) is 0 Å². The maximum Gasteiger partial charge on any atom is 0.233 e. The summed E-state index contributed by atoms with van der Waals surface area (Å²) in [5, 5.41) is 2.38. The molecule has 1 unspecified atom stereocenters. The monoisotopic (exact) mass is 287 g/mol. The van der Waals surface area contributed by atoms with E-state index in [9.17, 15) is 4.79 Å². The van der Waals surface area contributed by atoms with Gasteiger partial charge in [-0.15, -0.1) is 11.8 Å². The molecule has 2 aromatic rings. The van der Waals surface area contributed by atoms with Crippen LogP contribution >= 0.6 is 11.8 Å². The van der Waals surface area contributed by atoms with Gasteiger partial charge < -0.3 is 9.64 Å². The number of fused-ring (bicyclic) bond motifs is 1. The van der Waals surface area contributed by atoms with E-state index in [1.165, 1.54) is 5.56 Å². The van der Waals surface area contributed by atoms with Crippen LogP contribution in [0.25, 0.3) is 10.8 Å². The van der Waals surface area contributed by atoms with Crippen molar-refractivity contribution in [2.75, 3.05) is 19.4 Å². The highest BCUT2D eigenvalue weighted by molar-refractivity contribution is 8.00. The average Bonchev–Trinajstić information content (AvgIpc) is 2.86. The van der Waals surface area contributed by atoms with Gasteiger partial charge in [-0.3, -0.25) is 4.79 Å². The van der Waals surface area contributed by atoms with Gasteiger partial charge in [-0.2, -0.15) is 0 Å². The van der Waals surface area contributed by atoms with E-state index in [2.05, 4.69) is 18.2 Å². The Bertz CT molecular complexity index is 656. The molecule has 2 aromatic carbocycles. The molecule has 1 amide bonds. The Kier molecular flexibility index (Phi) is 3.57. The van der Waals surface area contributed by atoms with Crippen LogP contribution in [-0.4, -0.2) is 30.2 Å². The van der Waals surface area contributed by atoms with Crippen molar-refractivity contribution in [3.05, 3.63) is 42.0 Å². The summed E-state index contributed by atoms with van der Waals surface area (Å²) in [6, 6.07) is 12.3. The van der Waals surface area contributed by atoms with E-state index in [1.54, 1.807) is 18.9 Å². The lowest BCUT2D eigenvalue weighted by atomic mass is 10.0. The van der Waals surface area contributed by atoms with Crippen molar-refractivity contribution in [3.8, 4) is 5.75 Å².